The van der Waals surface area contributed by atoms with Gasteiger partial charge in [-0.25, -0.2) is 4.79 Å². The summed E-state index contributed by atoms with van der Waals surface area (Å²) in [7, 11) is 0. The summed E-state index contributed by atoms with van der Waals surface area (Å²) in [5, 5.41) is 14.3. The van der Waals surface area contributed by atoms with Gasteiger partial charge in [-0.1, -0.05) is 48.5 Å². The number of aliphatic carboxylic acids is 1. The third-order valence-electron chi connectivity index (χ3n) is 6.21. The standard InChI is InChI=1S/C26H26N2O6/c1-2-7-23(24(29)27-13-17-12-16(14-33-17)25(30)31)28-26(32)34-15-22-20-10-5-3-8-18(20)19-9-4-6-11-21(19)22/h1,3-6,8-11,16-17,22-23H,7,12-15H2,(H,27,29)(H,28,32)(H,30,31). The van der Waals surface area contributed by atoms with Crippen LogP contribution in [0.2, 0.25) is 0 Å². The number of carboxylic acids is 1. The second-order valence-electron chi connectivity index (χ2n) is 8.40. The second-order valence-corrected chi connectivity index (χ2v) is 8.40. The van der Waals surface area contributed by atoms with E-state index in [0.29, 0.717) is 6.42 Å². The minimum Gasteiger partial charge on any atom is -0.481 e. The Labute approximate surface area is 197 Å². The molecule has 0 spiro atoms. The number of ether oxygens (including phenoxy) is 2. The van der Waals surface area contributed by atoms with E-state index in [2.05, 4.69) is 16.6 Å². The van der Waals surface area contributed by atoms with Gasteiger partial charge in [-0.3, -0.25) is 9.59 Å². The predicted molar refractivity (Wildman–Crippen MR) is 124 cm³/mol. The summed E-state index contributed by atoms with van der Waals surface area (Å²) in [5.41, 5.74) is 4.42. The van der Waals surface area contributed by atoms with Crippen molar-refractivity contribution in [2.45, 2.75) is 30.9 Å². The molecule has 2 amide bonds. The lowest BCUT2D eigenvalue weighted by molar-refractivity contribution is -0.141. The Balaban J connectivity index is 1.32. The number of terminal acetylenes is 1. The molecule has 0 aromatic heterocycles. The van der Waals surface area contributed by atoms with Crippen molar-refractivity contribution in [2.24, 2.45) is 5.92 Å². The SMILES string of the molecule is C#CCC(NC(=O)OCC1c2ccccc2-c2ccccc21)C(=O)NCC1CC(C(=O)O)CO1. The van der Waals surface area contributed by atoms with E-state index < -0.39 is 36.0 Å². The van der Waals surface area contributed by atoms with E-state index in [9.17, 15) is 14.4 Å². The summed E-state index contributed by atoms with van der Waals surface area (Å²) in [5.74, 6) is 0.310. The molecule has 2 aromatic rings. The minimum absolute atomic E-state index is 0.0146. The number of nitrogens with one attached hydrogen (secondary N) is 2. The Bertz CT molecular complexity index is 1080. The average molecular weight is 463 g/mol. The van der Waals surface area contributed by atoms with Crippen LogP contribution in [0.5, 0.6) is 0 Å². The number of alkyl carbamates (subject to hydrolysis) is 1. The van der Waals surface area contributed by atoms with Crippen LogP contribution in [0.3, 0.4) is 0 Å². The average Bonchev–Trinajstić information content (AvgIpc) is 3.44. The van der Waals surface area contributed by atoms with Gasteiger partial charge in [-0.15, -0.1) is 12.3 Å². The first-order valence-corrected chi connectivity index (χ1v) is 11.1. The first-order chi connectivity index (χ1) is 16.5. The lowest BCUT2D eigenvalue weighted by atomic mass is 9.98. The molecular formula is C26H26N2O6. The molecule has 3 atom stereocenters. The summed E-state index contributed by atoms with van der Waals surface area (Å²) >= 11 is 0. The fraction of sp³-hybridized carbons (Fsp3) is 0.346. The molecule has 1 aliphatic heterocycles. The first-order valence-electron chi connectivity index (χ1n) is 11.1. The van der Waals surface area contributed by atoms with Gasteiger partial charge in [0, 0.05) is 18.9 Å². The predicted octanol–water partition coefficient (Wildman–Crippen LogP) is 2.52. The number of carboxylic acid groups (broad SMARTS) is 1. The highest BCUT2D eigenvalue weighted by Gasteiger charge is 2.32. The number of hydrogen-bond acceptors (Lipinski definition) is 5. The van der Waals surface area contributed by atoms with Gasteiger partial charge in [0.2, 0.25) is 5.91 Å². The summed E-state index contributed by atoms with van der Waals surface area (Å²) in [6, 6.07) is 15.0. The smallest absolute Gasteiger partial charge is 0.407 e. The van der Waals surface area contributed by atoms with Crippen LogP contribution in [0.25, 0.3) is 11.1 Å². The second kappa shape index (κ2) is 10.4. The van der Waals surface area contributed by atoms with Gasteiger partial charge in [-0.2, -0.15) is 0 Å². The van der Waals surface area contributed by atoms with Gasteiger partial charge < -0.3 is 25.2 Å². The summed E-state index contributed by atoms with van der Waals surface area (Å²) in [4.78, 5) is 36.1. The number of carbonyl (C=O) groups is 3. The summed E-state index contributed by atoms with van der Waals surface area (Å²) < 4.78 is 10.9. The number of hydrogen-bond donors (Lipinski definition) is 3. The molecule has 8 nitrogen and oxygen atoms in total. The van der Waals surface area contributed by atoms with Crippen LogP contribution in [0.1, 0.15) is 29.9 Å². The van der Waals surface area contributed by atoms with Gasteiger partial charge >= 0.3 is 12.1 Å². The van der Waals surface area contributed by atoms with Crippen molar-refractivity contribution >= 4 is 18.0 Å². The Kier molecular flexibility index (Phi) is 7.14. The van der Waals surface area contributed by atoms with Crippen LogP contribution in [-0.2, 0) is 19.1 Å². The Morgan fingerprint density at radius 1 is 1.12 bits per heavy atom. The molecule has 0 saturated carbocycles. The highest BCUT2D eigenvalue weighted by Crippen LogP contribution is 2.44. The maximum absolute atomic E-state index is 12.6. The van der Waals surface area contributed by atoms with Crippen molar-refractivity contribution in [2.75, 3.05) is 19.8 Å². The molecule has 176 valence electrons. The largest absolute Gasteiger partial charge is 0.481 e. The number of benzene rings is 2. The van der Waals surface area contributed by atoms with Crippen molar-refractivity contribution in [1.29, 1.82) is 0 Å². The normalized spacial score (nSPS) is 19.4. The topological polar surface area (TPSA) is 114 Å². The molecule has 8 heteroatoms. The van der Waals surface area contributed by atoms with Gasteiger partial charge in [-0.05, 0) is 28.7 Å². The zero-order chi connectivity index (χ0) is 24.1. The molecule has 4 rings (SSSR count). The molecule has 0 radical (unpaired) electrons. The Morgan fingerprint density at radius 2 is 1.76 bits per heavy atom. The van der Waals surface area contributed by atoms with Gasteiger partial charge in [0.15, 0.2) is 0 Å². The molecule has 34 heavy (non-hydrogen) atoms. The molecule has 3 N–H and O–H groups in total. The fourth-order valence-corrected chi connectivity index (χ4v) is 4.47. The van der Waals surface area contributed by atoms with E-state index in [0.717, 1.165) is 22.3 Å². The monoisotopic (exact) mass is 462 g/mol. The van der Waals surface area contributed by atoms with E-state index >= 15 is 0 Å². The van der Waals surface area contributed by atoms with Crippen LogP contribution in [0.4, 0.5) is 4.79 Å². The summed E-state index contributed by atoms with van der Waals surface area (Å²) in [6.07, 6.45) is 4.55. The molecule has 1 fully saturated rings. The third kappa shape index (κ3) is 5.05. The molecule has 1 aliphatic carbocycles. The maximum atomic E-state index is 12.6. The quantitative estimate of drug-likeness (QED) is 0.520. The Hall–Kier alpha value is -3.83. The Morgan fingerprint density at radius 3 is 2.35 bits per heavy atom. The highest BCUT2D eigenvalue weighted by atomic mass is 16.5. The third-order valence-corrected chi connectivity index (χ3v) is 6.21. The molecule has 2 aromatic carbocycles. The van der Waals surface area contributed by atoms with Crippen LogP contribution in [0, 0.1) is 18.3 Å². The van der Waals surface area contributed by atoms with Gasteiger partial charge in [0.05, 0.1) is 18.6 Å². The van der Waals surface area contributed by atoms with Crippen LogP contribution >= 0.6 is 0 Å². The van der Waals surface area contributed by atoms with E-state index in [4.69, 9.17) is 21.0 Å². The number of rotatable bonds is 8. The van der Waals surface area contributed by atoms with Crippen molar-refractivity contribution in [1.82, 2.24) is 10.6 Å². The zero-order valence-electron chi connectivity index (χ0n) is 18.5. The summed E-state index contributed by atoms with van der Waals surface area (Å²) in [6.45, 7) is 0.369. The molecular weight excluding hydrogens is 436 g/mol. The van der Waals surface area contributed by atoms with Crippen LogP contribution < -0.4 is 10.6 Å². The molecule has 2 aliphatic rings. The first kappa shape index (κ1) is 23.3. The zero-order valence-corrected chi connectivity index (χ0v) is 18.5. The van der Waals surface area contributed by atoms with Crippen molar-refractivity contribution in [3.05, 3.63) is 59.7 Å². The molecule has 1 heterocycles. The van der Waals surface area contributed by atoms with E-state index in [-0.39, 0.29) is 32.1 Å². The molecule has 1 saturated heterocycles. The number of carbonyl (C=O) groups excluding carboxylic acids is 2. The van der Waals surface area contributed by atoms with Crippen molar-refractivity contribution in [3.8, 4) is 23.5 Å². The van der Waals surface area contributed by atoms with Crippen molar-refractivity contribution < 1.29 is 29.0 Å². The van der Waals surface area contributed by atoms with Gasteiger partial charge in [0.25, 0.3) is 0 Å². The van der Waals surface area contributed by atoms with Crippen LogP contribution in [-0.4, -0.2) is 55.0 Å². The number of amides is 2. The molecule has 0 bridgehead atoms. The van der Waals surface area contributed by atoms with Crippen molar-refractivity contribution in [3.63, 3.8) is 0 Å². The van der Waals surface area contributed by atoms with Crippen LogP contribution in [0.15, 0.2) is 48.5 Å². The minimum atomic E-state index is -0.975. The maximum Gasteiger partial charge on any atom is 0.407 e. The molecule has 3 unspecified atom stereocenters. The lowest BCUT2D eigenvalue weighted by Crippen LogP contribution is -2.48. The van der Waals surface area contributed by atoms with E-state index in [1.165, 1.54) is 0 Å². The van der Waals surface area contributed by atoms with Gasteiger partial charge in [0.1, 0.15) is 12.6 Å². The number of fused-ring (bicyclic) bond motifs is 3. The van der Waals surface area contributed by atoms with E-state index in [1.54, 1.807) is 0 Å². The van der Waals surface area contributed by atoms with E-state index in [1.807, 2.05) is 48.5 Å². The lowest BCUT2D eigenvalue weighted by Gasteiger charge is -2.19. The fourth-order valence-electron chi connectivity index (χ4n) is 4.47. The highest BCUT2D eigenvalue weighted by molar-refractivity contribution is 5.86.